The van der Waals surface area contributed by atoms with Gasteiger partial charge in [-0.3, -0.25) is 4.79 Å². The molecule has 1 heterocycles. The van der Waals surface area contributed by atoms with Crippen LogP contribution in [0.1, 0.15) is 19.4 Å². The van der Waals surface area contributed by atoms with Gasteiger partial charge in [0.05, 0.1) is 12.0 Å². The van der Waals surface area contributed by atoms with Gasteiger partial charge in [0, 0.05) is 16.7 Å². The fraction of sp³-hybridized carbons (Fsp3) is 0.381. The van der Waals surface area contributed by atoms with E-state index in [2.05, 4.69) is 4.72 Å². The number of sulfonamides is 1. The normalized spacial score (nSPS) is 14.2. The average molecular weight is 470 g/mol. The second-order valence-electron chi connectivity index (χ2n) is 7.21. The molecule has 3 rings (SSSR count). The van der Waals surface area contributed by atoms with Crippen LogP contribution in [0.25, 0.3) is 0 Å². The highest BCUT2D eigenvalue weighted by Crippen LogP contribution is 2.32. The van der Waals surface area contributed by atoms with Crippen molar-refractivity contribution >= 4 is 27.6 Å². The lowest BCUT2D eigenvalue weighted by Crippen LogP contribution is -2.45. The molecule has 1 aliphatic heterocycles. The van der Waals surface area contributed by atoms with Gasteiger partial charge < -0.3 is 18.9 Å². The zero-order chi connectivity index (χ0) is 22.6. The molecule has 10 heteroatoms. The summed E-state index contributed by atoms with van der Waals surface area (Å²) in [7, 11) is -2.52. The number of hydrogen-bond donors (Lipinski definition) is 1. The van der Waals surface area contributed by atoms with E-state index in [4.69, 9.17) is 30.5 Å². The third-order valence-corrected chi connectivity index (χ3v) is 6.31. The molecule has 0 aromatic heterocycles. The van der Waals surface area contributed by atoms with Gasteiger partial charge in [0.2, 0.25) is 10.0 Å². The minimum absolute atomic E-state index is 0.0355. The van der Waals surface area contributed by atoms with E-state index < -0.39 is 22.0 Å². The number of nitrogens with one attached hydrogen (secondary N) is 1. The van der Waals surface area contributed by atoms with Gasteiger partial charge >= 0.3 is 5.97 Å². The van der Waals surface area contributed by atoms with Gasteiger partial charge in [-0.05, 0) is 36.2 Å². The summed E-state index contributed by atoms with van der Waals surface area (Å²) in [5.41, 5.74) is 0.570. The number of fused-ring (bicyclic) bond motifs is 1. The smallest absolute Gasteiger partial charge is 0.324 e. The van der Waals surface area contributed by atoms with Gasteiger partial charge in [-0.25, -0.2) is 8.42 Å². The van der Waals surface area contributed by atoms with Crippen LogP contribution in [-0.4, -0.2) is 40.8 Å². The first-order valence-electron chi connectivity index (χ1n) is 9.62. The molecule has 31 heavy (non-hydrogen) atoms. The molecule has 0 radical (unpaired) electrons. The Bertz CT molecular complexity index is 1060. The second-order valence-corrected chi connectivity index (χ2v) is 9.36. The maximum absolute atomic E-state index is 12.9. The molecule has 1 N–H and O–H groups in total. The van der Waals surface area contributed by atoms with Crippen molar-refractivity contribution in [3.63, 3.8) is 0 Å². The summed E-state index contributed by atoms with van der Waals surface area (Å²) < 4.78 is 49.7. The standard InChI is InChI=1S/C21H24ClNO7S/c1-13(2)20(21(24)30-12-14-10-15(22)4-6-17(14)27-3)23-31(25,26)16-5-7-18-19(11-16)29-9-8-28-18/h4-7,10-11,13,20,23H,8-9,12H2,1-3H3. The number of carbonyl (C=O) groups is 1. The third-order valence-electron chi connectivity index (χ3n) is 4.64. The average Bonchev–Trinajstić information content (AvgIpc) is 2.75. The molecule has 0 saturated heterocycles. The van der Waals surface area contributed by atoms with E-state index in [0.717, 1.165) is 0 Å². The lowest BCUT2D eigenvalue weighted by atomic mass is 10.1. The Balaban J connectivity index is 1.74. The predicted octanol–water partition coefficient (Wildman–Crippen LogP) is 3.17. The summed E-state index contributed by atoms with van der Waals surface area (Å²) in [5.74, 6) is 0.250. The van der Waals surface area contributed by atoms with Crippen LogP contribution in [0.5, 0.6) is 17.2 Å². The molecule has 1 unspecified atom stereocenters. The summed E-state index contributed by atoms with van der Waals surface area (Å²) >= 11 is 6.00. The molecule has 0 bridgehead atoms. The molecule has 0 aliphatic carbocycles. The molecule has 0 spiro atoms. The Morgan fingerprint density at radius 2 is 1.84 bits per heavy atom. The summed E-state index contributed by atoms with van der Waals surface area (Å²) in [4.78, 5) is 12.7. The number of ether oxygens (including phenoxy) is 4. The minimum Gasteiger partial charge on any atom is -0.496 e. The molecular weight excluding hydrogens is 446 g/mol. The Kier molecular flexibility index (Phi) is 7.30. The third kappa shape index (κ3) is 5.61. The van der Waals surface area contributed by atoms with Crippen LogP contribution in [0.2, 0.25) is 5.02 Å². The fourth-order valence-electron chi connectivity index (χ4n) is 2.98. The lowest BCUT2D eigenvalue weighted by molar-refractivity contribution is -0.148. The van der Waals surface area contributed by atoms with Crippen molar-refractivity contribution < 1.29 is 32.2 Å². The summed E-state index contributed by atoms with van der Waals surface area (Å²) in [6.45, 7) is 4.06. The molecule has 8 nitrogen and oxygen atoms in total. The first kappa shape index (κ1) is 23.2. The van der Waals surface area contributed by atoms with Crippen molar-refractivity contribution in [2.75, 3.05) is 20.3 Å². The quantitative estimate of drug-likeness (QED) is 0.592. The molecule has 1 atom stereocenters. The van der Waals surface area contributed by atoms with Crippen LogP contribution >= 0.6 is 11.6 Å². The number of benzene rings is 2. The first-order valence-corrected chi connectivity index (χ1v) is 11.5. The van der Waals surface area contributed by atoms with Gasteiger partial charge in [0.1, 0.15) is 31.6 Å². The van der Waals surface area contributed by atoms with Gasteiger partial charge in [-0.2, -0.15) is 4.72 Å². The van der Waals surface area contributed by atoms with Crippen LogP contribution in [0.3, 0.4) is 0 Å². The zero-order valence-electron chi connectivity index (χ0n) is 17.4. The van der Waals surface area contributed by atoms with E-state index in [-0.39, 0.29) is 17.4 Å². The Morgan fingerprint density at radius 1 is 1.13 bits per heavy atom. The van der Waals surface area contributed by atoms with Crippen molar-refractivity contribution in [1.82, 2.24) is 4.72 Å². The fourth-order valence-corrected chi connectivity index (χ4v) is 4.52. The molecule has 168 valence electrons. The van der Waals surface area contributed by atoms with Crippen molar-refractivity contribution in [3.8, 4) is 17.2 Å². The topological polar surface area (TPSA) is 100 Å². The molecular formula is C21H24ClNO7S. The lowest BCUT2D eigenvalue weighted by Gasteiger charge is -2.22. The second kappa shape index (κ2) is 9.76. The van der Waals surface area contributed by atoms with Crippen LogP contribution < -0.4 is 18.9 Å². The van der Waals surface area contributed by atoms with Crippen molar-refractivity contribution in [2.24, 2.45) is 5.92 Å². The van der Waals surface area contributed by atoms with Crippen LogP contribution in [-0.2, 0) is 26.2 Å². The number of esters is 1. The van der Waals surface area contributed by atoms with Gasteiger partial charge in [-0.1, -0.05) is 25.4 Å². The van der Waals surface area contributed by atoms with Crippen molar-refractivity contribution in [1.29, 1.82) is 0 Å². The summed E-state index contributed by atoms with van der Waals surface area (Å²) in [6.07, 6.45) is 0. The number of rotatable bonds is 8. The number of halogens is 1. The van der Waals surface area contributed by atoms with Crippen LogP contribution in [0.15, 0.2) is 41.3 Å². The maximum Gasteiger partial charge on any atom is 0.324 e. The van der Waals surface area contributed by atoms with E-state index in [0.29, 0.717) is 41.0 Å². The first-order chi connectivity index (χ1) is 14.7. The van der Waals surface area contributed by atoms with Crippen LogP contribution in [0.4, 0.5) is 0 Å². The van der Waals surface area contributed by atoms with E-state index in [1.807, 2.05) is 0 Å². The highest BCUT2D eigenvalue weighted by Gasteiger charge is 2.30. The van der Waals surface area contributed by atoms with E-state index in [9.17, 15) is 13.2 Å². The van der Waals surface area contributed by atoms with Crippen molar-refractivity contribution in [2.45, 2.75) is 31.4 Å². The highest BCUT2D eigenvalue weighted by atomic mass is 35.5. The highest BCUT2D eigenvalue weighted by molar-refractivity contribution is 7.89. The van der Waals surface area contributed by atoms with Crippen molar-refractivity contribution in [3.05, 3.63) is 47.0 Å². The number of hydrogen-bond acceptors (Lipinski definition) is 7. The summed E-state index contributed by atoms with van der Waals surface area (Å²) in [6, 6.07) is 8.14. The maximum atomic E-state index is 12.9. The summed E-state index contributed by atoms with van der Waals surface area (Å²) in [5, 5.41) is 0.464. The van der Waals surface area contributed by atoms with E-state index >= 15 is 0 Å². The monoisotopic (exact) mass is 469 g/mol. The molecule has 2 aromatic carbocycles. The van der Waals surface area contributed by atoms with Gasteiger partial charge in [0.25, 0.3) is 0 Å². The molecule has 2 aromatic rings. The van der Waals surface area contributed by atoms with E-state index in [1.165, 1.54) is 25.3 Å². The Morgan fingerprint density at radius 3 is 2.52 bits per heavy atom. The molecule has 0 saturated carbocycles. The SMILES string of the molecule is COc1ccc(Cl)cc1COC(=O)C(NS(=O)(=O)c1ccc2c(c1)OCCO2)C(C)C. The molecule has 0 fully saturated rings. The Labute approximate surface area is 186 Å². The zero-order valence-corrected chi connectivity index (χ0v) is 19.0. The number of carbonyl (C=O) groups excluding carboxylic acids is 1. The minimum atomic E-state index is -4.02. The molecule has 1 aliphatic rings. The predicted molar refractivity (Wildman–Crippen MR) is 114 cm³/mol. The molecule has 0 amide bonds. The van der Waals surface area contributed by atoms with Gasteiger partial charge in [-0.15, -0.1) is 0 Å². The Hall–Kier alpha value is -2.49. The van der Waals surface area contributed by atoms with Crippen LogP contribution in [0, 0.1) is 5.92 Å². The van der Waals surface area contributed by atoms with E-state index in [1.54, 1.807) is 32.0 Å². The number of methoxy groups -OCH3 is 1. The van der Waals surface area contributed by atoms with Gasteiger partial charge in [0.15, 0.2) is 11.5 Å². The largest absolute Gasteiger partial charge is 0.496 e.